The first kappa shape index (κ1) is 9.71. The molecule has 3 nitrogen and oxygen atoms in total. The highest BCUT2D eigenvalue weighted by molar-refractivity contribution is 7.87. The highest BCUT2D eigenvalue weighted by atomic mass is 32.2. The molecule has 0 saturated carbocycles. The van der Waals surface area contributed by atoms with Crippen LogP contribution in [0.2, 0.25) is 0 Å². The predicted octanol–water partition coefficient (Wildman–Crippen LogP) is 1.05. The lowest BCUT2D eigenvalue weighted by molar-refractivity contribution is -0.150. The number of hydrogen-bond acceptors (Lipinski definition) is 3. The fraction of sp³-hybridized carbons (Fsp3) is 0.875. The topological polar surface area (TPSA) is 43.4 Å². The number of cyclic esters (lactones) is 1. The van der Waals surface area contributed by atoms with Gasteiger partial charge in [0.05, 0.1) is 10.8 Å². The molecule has 0 aromatic heterocycles. The molecule has 12 heavy (non-hydrogen) atoms. The fourth-order valence-electron chi connectivity index (χ4n) is 1.03. The van der Waals surface area contributed by atoms with E-state index in [-0.39, 0.29) is 17.1 Å². The Balaban J connectivity index is 3.00. The fourth-order valence-corrected chi connectivity index (χ4v) is 2.45. The Morgan fingerprint density at radius 2 is 2.00 bits per heavy atom. The van der Waals surface area contributed by atoms with E-state index in [0.29, 0.717) is 0 Å². The Kier molecular flexibility index (Phi) is 2.07. The van der Waals surface area contributed by atoms with Crippen molar-refractivity contribution in [3.05, 3.63) is 0 Å². The van der Waals surface area contributed by atoms with E-state index in [1.165, 1.54) is 0 Å². The molecule has 0 N–H and O–H groups in total. The van der Waals surface area contributed by atoms with E-state index in [9.17, 15) is 9.00 Å². The SMILES string of the molecule is CC(C)(C)[C@@]1(C)OC(=O)C[S@@]1=O. The minimum atomic E-state index is -1.20. The second kappa shape index (κ2) is 2.55. The van der Waals surface area contributed by atoms with E-state index in [0.717, 1.165) is 0 Å². The molecule has 0 amide bonds. The Morgan fingerprint density at radius 1 is 1.50 bits per heavy atom. The van der Waals surface area contributed by atoms with E-state index in [1.54, 1.807) is 6.92 Å². The summed E-state index contributed by atoms with van der Waals surface area (Å²) in [5.74, 6) is -0.320. The highest BCUT2D eigenvalue weighted by Gasteiger charge is 2.51. The quantitative estimate of drug-likeness (QED) is 0.536. The minimum absolute atomic E-state index is 0.0355. The van der Waals surface area contributed by atoms with Gasteiger partial charge in [0, 0.05) is 5.41 Å². The first-order valence-corrected chi connectivity index (χ1v) is 5.19. The van der Waals surface area contributed by atoms with Gasteiger partial charge in [0.15, 0.2) is 4.93 Å². The minimum Gasteiger partial charge on any atom is -0.444 e. The van der Waals surface area contributed by atoms with E-state index in [2.05, 4.69) is 0 Å². The smallest absolute Gasteiger partial charge is 0.320 e. The van der Waals surface area contributed by atoms with E-state index in [1.807, 2.05) is 20.8 Å². The zero-order valence-corrected chi connectivity index (χ0v) is 8.66. The van der Waals surface area contributed by atoms with Crippen molar-refractivity contribution < 1.29 is 13.7 Å². The molecule has 1 saturated heterocycles. The second-order valence-electron chi connectivity index (χ2n) is 4.16. The Bertz CT molecular complexity index is 241. The summed E-state index contributed by atoms with van der Waals surface area (Å²) >= 11 is 0. The number of rotatable bonds is 0. The van der Waals surface area contributed by atoms with Crippen LogP contribution in [0.25, 0.3) is 0 Å². The van der Waals surface area contributed by atoms with Gasteiger partial charge in [0.2, 0.25) is 0 Å². The van der Waals surface area contributed by atoms with E-state index >= 15 is 0 Å². The van der Waals surface area contributed by atoms with Crippen LogP contribution in [0, 0.1) is 5.41 Å². The lowest BCUT2D eigenvalue weighted by Gasteiger charge is -2.34. The first-order valence-electron chi connectivity index (χ1n) is 3.88. The third-order valence-electron chi connectivity index (χ3n) is 2.35. The molecular formula is C8H14O3S. The summed E-state index contributed by atoms with van der Waals surface area (Å²) in [6.45, 7) is 7.49. The summed E-state index contributed by atoms with van der Waals surface area (Å²) in [5, 5.41) is 0. The van der Waals surface area contributed by atoms with Gasteiger partial charge in [-0.15, -0.1) is 0 Å². The average Bonchev–Trinajstić information content (AvgIpc) is 2.06. The maximum Gasteiger partial charge on any atom is 0.320 e. The predicted molar refractivity (Wildman–Crippen MR) is 47.0 cm³/mol. The van der Waals surface area contributed by atoms with Crippen molar-refractivity contribution in [2.24, 2.45) is 5.41 Å². The van der Waals surface area contributed by atoms with Gasteiger partial charge in [-0.05, 0) is 6.92 Å². The molecule has 0 bridgehead atoms. The van der Waals surface area contributed by atoms with Gasteiger partial charge in [-0.1, -0.05) is 20.8 Å². The monoisotopic (exact) mass is 190 g/mol. The lowest BCUT2D eigenvalue weighted by Crippen LogP contribution is -2.42. The third kappa shape index (κ3) is 1.28. The Labute approximate surface area is 74.9 Å². The van der Waals surface area contributed by atoms with Crippen LogP contribution in [-0.2, 0) is 20.3 Å². The van der Waals surface area contributed by atoms with Crippen LogP contribution < -0.4 is 0 Å². The zero-order valence-electron chi connectivity index (χ0n) is 7.84. The number of carbonyl (C=O) groups excluding carboxylic acids is 1. The van der Waals surface area contributed by atoms with Gasteiger partial charge in [-0.25, -0.2) is 0 Å². The van der Waals surface area contributed by atoms with Crippen molar-refractivity contribution in [1.82, 2.24) is 0 Å². The van der Waals surface area contributed by atoms with Gasteiger partial charge < -0.3 is 4.74 Å². The van der Waals surface area contributed by atoms with Crippen LogP contribution >= 0.6 is 0 Å². The molecule has 0 unspecified atom stereocenters. The van der Waals surface area contributed by atoms with Crippen molar-refractivity contribution in [3.63, 3.8) is 0 Å². The van der Waals surface area contributed by atoms with Crippen LogP contribution in [0.15, 0.2) is 0 Å². The van der Waals surface area contributed by atoms with Crippen LogP contribution in [-0.4, -0.2) is 20.9 Å². The summed E-state index contributed by atoms with van der Waals surface area (Å²) in [7, 11) is -1.20. The van der Waals surface area contributed by atoms with Crippen molar-refractivity contribution in [2.75, 3.05) is 5.75 Å². The molecule has 1 fully saturated rings. The van der Waals surface area contributed by atoms with Gasteiger partial charge in [-0.3, -0.25) is 9.00 Å². The molecule has 1 aliphatic heterocycles. The Hall–Kier alpha value is -0.380. The molecule has 0 aliphatic carbocycles. The Morgan fingerprint density at radius 3 is 2.17 bits per heavy atom. The van der Waals surface area contributed by atoms with Crippen LogP contribution in [0.3, 0.4) is 0 Å². The van der Waals surface area contributed by atoms with Crippen LogP contribution in [0.1, 0.15) is 27.7 Å². The number of ether oxygens (including phenoxy) is 1. The van der Waals surface area contributed by atoms with E-state index < -0.39 is 15.7 Å². The summed E-state index contributed by atoms with van der Waals surface area (Å²) in [4.78, 5) is 10.1. The molecule has 1 aliphatic rings. The second-order valence-corrected chi connectivity index (χ2v) is 5.92. The molecule has 0 spiro atoms. The highest BCUT2D eigenvalue weighted by Crippen LogP contribution is 2.39. The summed E-state index contributed by atoms with van der Waals surface area (Å²) in [5.41, 5.74) is -0.274. The molecule has 2 atom stereocenters. The number of esters is 1. The zero-order chi connectivity index (χ0) is 9.57. The molecule has 4 heteroatoms. The standard InChI is InChI=1S/C8H14O3S/c1-7(2,3)8(4)11-6(9)5-12(8)10/h5H2,1-4H3/t8-,12-/m0/s1. The first-order chi connectivity index (χ1) is 5.27. The maximum atomic E-state index is 11.5. The molecule has 1 heterocycles. The molecule has 0 radical (unpaired) electrons. The largest absolute Gasteiger partial charge is 0.444 e. The van der Waals surface area contributed by atoms with Crippen LogP contribution in [0.4, 0.5) is 0 Å². The molecule has 0 aromatic carbocycles. The van der Waals surface area contributed by atoms with Gasteiger partial charge in [0.1, 0.15) is 5.75 Å². The third-order valence-corrected chi connectivity index (χ3v) is 4.42. The maximum absolute atomic E-state index is 11.5. The lowest BCUT2D eigenvalue weighted by atomic mass is 9.89. The van der Waals surface area contributed by atoms with Crippen molar-refractivity contribution in [3.8, 4) is 0 Å². The molecular weight excluding hydrogens is 176 g/mol. The summed E-state index contributed by atoms with van der Waals surface area (Å²) < 4.78 is 16.6. The van der Waals surface area contributed by atoms with Gasteiger partial charge >= 0.3 is 5.97 Å². The van der Waals surface area contributed by atoms with Gasteiger partial charge in [0.25, 0.3) is 0 Å². The van der Waals surface area contributed by atoms with Crippen LogP contribution in [0.5, 0.6) is 0 Å². The molecule has 0 aromatic rings. The van der Waals surface area contributed by atoms with Crippen molar-refractivity contribution in [2.45, 2.75) is 32.6 Å². The van der Waals surface area contributed by atoms with Crippen molar-refractivity contribution in [1.29, 1.82) is 0 Å². The van der Waals surface area contributed by atoms with Crippen molar-refractivity contribution >= 4 is 16.8 Å². The number of hydrogen-bond donors (Lipinski definition) is 0. The normalized spacial score (nSPS) is 36.7. The molecule has 1 rings (SSSR count). The summed E-state index contributed by atoms with van der Waals surface area (Å²) in [6.07, 6.45) is 0. The molecule has 70 valence electrons. The van der Waals surface area contributed by atoms with Gasteiger partial charge in [-0.2, -0.15) is 0 Å². The summed E-state index contributed by atoms with van der Waals surface area (Å²) in [6, 6.07) is 0. The number of carbonyl (C=O) groups is 1. The van der Waals surface area contributed by atoms with E-state index in [4.69, 9.17) is 4.74 Å². The average molecular weight is 190 g/mol.